The van der Waals surface area contributed by atoms with Crippen molar-refractivity contribution in [2.75, 3.05) is 11.9 Å². The lowest BCUT2D eigenvalue weighted by Crippen LogP contribution is -2.04. The van der Waals surface area contributed by atoms with Gasteiger partial charge in [-0.05, 0) is 19.1 Å². The Balaban J connectivity index is 2.26. The number of rotatable bonds is 5. The van der Waals surface area contributed by atoms with Crippen LogP contribution in [-0.4, -0.2) is 16.5 Å². The number of benzene rings is 1. The first kappa shape index (κ1) is 14.6. The van der Waals surface area contributed by atoms with Crippen molar-refractivity contribution in [1.29, 1.82) is 0 Å². The molecule has 2 aromatic rings. The number of anilines is 1. The number of halogens is 2. The van der Waals surface area contributed by atoms with Gasteiger partial charge in [-0.15, -0.1) is 0 Å². The number of pyridine rings is 1. The van der Waals surface area contributed by atoms with Gasteiger partial charge in [0.05, 0.1) is 4.92 Å². The van der Waals surface area contributed by atoms with E-state index in [1.165, 1.54) is 24.3 Å². The maximum absolute atomic E-state index is 13.6. The summed E-state index contributed by atoms with van der Waals surface area (Å²) in [6.45, 7) is 2.15. The van der Waals surface area contributed by atoms with Crippen LogP contribution in [0.1, 0.15) is 6.92 Å². The first-order chi connectivity index (χ1) is 10.0. The molecule has 0 saturated carbocycles. The molecule has 0 aliphatic heterocycles. The number of non-ortho nitro benzene ring substituents is 1. The molecule has 0 radical (unpaired) electrons. The van der Waals surface area contributed by atoms with Gasteiger partial charge in [0, 0.05) is 24.7 Å². The van der Waals surface area contributed by atoms with Gasteiger partial charge in [-0.2, -0.15) is 4.98 Å². The van der Waals surface area contributed by atoms with E-state index in [0.717, 1.165) is 0 Å². The van der Waals surface area contributed by atoms with Gasteiger partial charge in [-0.3, -0.25) is 10.1 Å². The van der Waals surface area contributed by atoms with Crippen molar-refractivity contribution in [3.05, 3.63) is 52.1 Å². The van der Waals surface area contributed by atoms with Gasteiger partial charge in [-0.1, -0.05) is 0 Å². The lowest BCUT2D eigenvalue weighted by Gasteiger charge is -2.09. The van der Waals surface area contributed by atoms with Crippen molar-refractivity contribution >= 4 is 11.5 Å². The summed E-state index contributed by atoms with van der Waals surface area (Å²) in [7, 11) is 0. The summed E-state index contributed by atoms with van der Waals surface area (Å²) in [5.74, 6) is -2.18. The predicted octanol–water partition coefficient (Wildman–Crippen LogP) is 3.49. The van der Waals surface area contributed by atoms with E-state index in [1.54, 1.807) is 6.92 Å². The minimum atomic E-state index is -0.965. The van der Waals surface area contributed by atoms with Crippen LogP contribution in [0.5, 0.6) is 11.6 Å². The van der Waals surface area contributed by atoms with Crippen LogP contribution in [0.2, 0.25) is 0 Å². The zero-order chi connectivity index (χ0) is 15.4. The van der Waals surface area contributed by atoms with E-state index >= 15 is 0 Å². The quantitative estimate of drug-likeness (QED) is 0.675. The van der Waals surface area contributed by atoms with Gasteiger partial charge in [0.2, 0.25) is 0 Å². The second-order valence-corrected chi connectivity index (χ2v) is 3.99. The fourth-order valence-corrected chi connectivity index (χ4v) is 1.56. The number of nitro benzene ring substituents is 1. The van der Waals surface area contributed by atoms with Crippen LogP contribution in [0.4, 0.5) is 20.3 Å². The summed E-state index contributed by atoms with van der Waals surface area (Å²) in [6.07, 6.45) is 0. The van der Waals surface area contributed by atoms with Gasteiger partial charge in [0.25, 0.3) is 11.6 Å². The minimum Gasteiger partial charge on any atom is -0.436 e. The van der Waals surface area contributed by atoms with E-state index in [0.29, 0.717) is 12.6 Å². The molecule has 1 aromatic heterocycles. The highest BCUT2D eigenvalue weighted by atomic mass is 19.1. The molecule has 0 atom stereocenters. The molecule has 0 amide bonds. The van der Waals surface area contributed by atoms with E-state index in [9.17, 15) is 18.9 Å². The normalized spacial score (nSPS) is 10.2. The Morgan fingerprint density at radius 1 is 1.29 bits per heavy atom. The second-order valence-electron chi connectivity index (χ2n) is 3.99. The molecule has 0 aliphatic rings. The Bertz CT molecular complexity index is 662. The molecular formula is C13H11F2N3O3. The third-order valence-corrected chi connectivity index (χ3v) is 2.50. The first-order valence-corrected chi connectivity index (χ1v) is 6.03. The summed E-state index contributed by atoms with van der Waals surface area (Å²) >= 11 is 0. The van der Waals surface area contributed by atoms with Crippen molar-refractivity contribution in [1.82, 2.24) is 4.98 Å². The fourth-order valence-electron chi connectivity index (χ4n) is 1.56. The molecule has 6 nitrogen and oxygen atoms in total. The highest BCUT2D eigenvalue weighted by molar-refractivity contribution is 5.42. The van der Waals surface area contributed by atoms with Crippen LogP contribution >= 0.6 is 0 Å². The molecule has 0 spiro atoms. The third kappa shape index (κ3) is 3.41. The summed E-state index contributed by atoms with van der Waals surface area (Å²) in [6, 6.07) is 5.68. The number of ether oxygens (including phenoxy) is 1. The van der Waals surface area contributed by atoms with E-state index in [4.69, 9.17) is 4.74 Å². The third-order valence-electron chi connectivity index (χ3n) is 2.50. The standard InChI is InChI=1S/C13H11F2N3O3/c1-2-16-12-10(14)7-11(15)13(17-12)21-9-5-3-8(4-6-9)18(19)20/h3-7H,2H2,1H3,(H,16,17). The topological polar surface area (TPSA) is 77.3 Å². The van der Waals surface area contributed by atoms with Gasteiger partial charge in [-0.25, -0.2) is 8.78 Å². The molecule has 1 N–H and O–H groups in total. The number of hydrogen-bond donors (Lipinski definition) is 1. The van der Waals surface area contributed by atoms with Crippen molar-refractivity contribution in [2.45, 2.75) is 6.92 Å². The largest absolute Gasteiger partial charge is 0.436 e. The summed E-state index contributed by atoms with van der Waals surface area (Å²) in [5, 5.41) is 13.2. The Morgan fingerprint density at radius 2 is 1.95 bits per heavy atom. The maximum Gasteiger partial charge on any atom is 0.269 e. The molecule has 1 aromatic carbocycles. The number of hydrogen-bond acceptors (Lipinski definition) is 5. The van der Waals surface area contributed by atoms with E-state index in [-0.39, 0.29) is 17.3 Å². The molecule has 2 rings (SSSR count). The Labute approximate surface area is 118 Å². The second kappa shape index (κ2) is 6.12. The van der Waals surface area contributed by atoms with Crippen LogP contribution in [-0.2, 0) is 0 Å². The zero-order valence-corrected chi connectivity index (χ0v) is 11.0. The molecular weight excluding hydrogens is 284 g/mol. The van der Waals surface area contributed by atoms with Gasteiger partial charge < -0.3 is 10.1 Å². The Hall–Kier alpha value is -2.77. The minimum absolute atomic E-state index is 0.122. The van der Waals surface area contributed by atoms with E-state index in [2.05, 4.69) is 10.3 Å². The lowest BCUT2D eigenvalue weighted by molar-refractivity contribution is -0.384. The van der Waals surface area contributed by atoms with E-state index in [1.807, 2.05) is 0 Å². The van der Waals surface area contributed by atoms with Gasteiger partial charge >= 0.3 is 0 Å². The predicted molar refractivity (Wildman–Crippen MR) is 71.5 cm³/mol. The van der Waals surface area contributed by atoms with Crippen LogP contribution in [0.25, 0.3) is 0 Å². The van der Waals surface area contributed by atoms with Crippen LogP contribution < -0.4 is 10.1 Å². The number of nitrogens with one attached hydrogen (secondary N) is 1. The van der Waals surface area contributed by atoms with Gasteiger partial charge in [0.1, 0.15) is 5.75 Å². The Morgan fingerprint density at radius 3 is 2.52 bits per heavy atom. The van der Waals surface area contributed by atoms with Crippen molar-refractivity contribution in [3.63, 3.8) is 0 Å². The molecule has 21 heavy (non-hydrogen) atoms. The fraction of sp³-hybridized carbons (Fsp3) is 0.154. The number of nitro groups is 1. The van der Waals surface area contributed by atoms with Crippen molar-refractivity contribution < 1.29 is 18.4 Å². The van der Waals surface area contributed by atoms with Crippen molar-refractivity contribution in [2.24, 2.45) is 0 Å². The van der Waals surface area contributed by atoms with Crippen LogP contribution in [0, 0.1) is 21.7 Å². The molecule has 0 fully saturated rings. The lowest BCUT2D eigenvalue weighted by atomic mass is 10.3. The summed E-state index contributed by atoms with van der Waals surface area (Å²) in [4.78, 5) is 13.7. The molecule has 0 bridgehead atoms. The number of nitrogens with zero attached hydrogens (tertiary/aromatic N) is 2. The monoisotopic (exact) mass is 295 g/mol. The number of aromatic nitrogens is 1. The maximum atomic E-state index is 13.6. The molecule has 8 heteroatoms. The van der Waals surface area contributed by atoms with Crippen molar-refractivity contribution in [3.8, 4) is 11.6 Å². The first-order valence-electron chi connectivity index (χ1n) is 6.03. The average molecular weight is 295 g/mol. The smallest absolute Gasteiger partial charge is 0.269 e. The molecule has 0 saturated heterocycles. The van der Waals surface area contributed by atoms with E-state index < -0.39 is 22.4 Å². The molecule has 0 aliphatic carbocycles. The van der Waals surface area contributed by atoms with Gasteiger partial charge in [0.15, 0.2) is 17.5 Å². The highest BCUT2D eigenvalue weighted by Gasteiger charge is 2.14. The summed E-state index contributed by atoms with van der Waals surface area (Å²) < 4.78 is 32.2. The highest BCUT2D eigenvalue weighted by Crippen LogP contribution is 2.27. The average Bonchev–Trinajstić information content (AvgIpc) is 2.45. The summed E-state index contributed by atoms with van der Waals surface area (Å²) in [5.41, 5.74) is -0.122. The molecule has 0 unspecified atom stereocenters. The van der Waals surface area contributed by atoms with Crippen LogP contribution in [0.15, 0.2) is 30.3 Å². The SMILES string of the molecule is CCNc1nc(Oc2ccc([N+](=O)[O-])cc2)c(F)cc1F. The zero-order valence-electron chi connectivity index (χ0n) is 11.0. The van der Waals surface area contributed by atoms with Crippen LogP contribution in [0.3, 0.4) is 0 Å². The Kier molecular flexibility index (Phi) is 4.27. The molecule has 110 valence electrons. The molecule has 1 heterocycles.